The van der Waals surface area contributed by atoms with Crippen molar-refractivity contribution in [3.63, 3.8) is 0 Å². The van der Waals surface area contributed by atoms with E-state index in [0.29, 0.717) is 35.8 Å². The Morgan fingerprint density at radius 2 is 2.10 bits per heavy atom. The van der Waals surface area contributed by atoms with Gasteiger partial charge >= 0.3 is 6.18 Å². The molecule has 3 heterocycles. The Labute approximate surface area is 229 Å². The van der Waals surface area contributed by atoms with Crippen LogP contribution in [0.2, 0.25) is 0 Å². The molecular formula is C27H33F4N7O2. The predicted octanol–water partition coefficient (Wildman–Crippen LogP) is 4.25. The first-order valence-corrected chi connectivity index (χ1v) is 13.4. The number of hydrogen-bond donors (Lipinski definition) is 2. The number of halogens is 4. The summed E-state index contributed by atoms with van der Waals surface area (Å²) in [5.74, 6) is 0.105. The van der Waals surface area contributed by atoms with Crippen molar-refractivity contribution in [1.82, 2.24) is 30.2 Å². The zero-order valence-corrected chi connectivity index (χ0v) is 22.6. The van der Waals surface area contributed by atoms with Gasteiger partial charge in [-0.2, -0.15) is 18.2 Å². The molecule has 0 spiro atoms. The van der Waals surface area contributed by atoms with E-state index in [4.69, 9.17) is 4.52 Å². The third-order valence-corrected chi connectivity index (χ3v) is 7.27. The van der Waals surface area contributed by atoms with Gasteiger partial charge in [0.1, 0.15) is 6.54 Å². The zero-order valence-electron chi connectivity index (χ0n) is 22.6. The lowest BCUT2D eigenvalue weighted by molar-refractivity contribution is -0.139. The van der Waals surface area contributed by atoms with E-state index in [9.17, 15) is 22.4 Å². The van der Waals surface area contributed by atoms with Crippen LogP contribution in [0.5, 0.6) is 0 Å². The predicted molar refractivity (Wildman–Crippen MR) is 142 cm³/mol. The number of alkyl halides is 4. The molecule has 9 nitrogen and oxygen atoms in total. The lowest BCUT2D eigenvalue weighted by Crippen LogP contribution is -2.39. The van der Waals surface area contributed by atoms with Crippen molar-refractivity contribution in [3.8, 4) is 11.5 Å². The summed E-state index contributed by atoms with van der Waals surface area (Å²) in [6, 6.07) is 6.66. The number of aliphatic imine (C=N–C) groups is 1. The maximum Gasteiger partial charge on any atom is 0.406 e. The number of carbonyl (C=O) groups excluding carboxylic acids is 1. The highest BCUT2D eigenvalue weighted by molar-refractivity contribution is 5.99. The summed E-state index contributed by atoms with van der Waals surface area (Å²) in [7, 11) is 1.83. The number of fused-ring (bicyclic) bond motifs is 1. The fourth-order valence-electron chi connectivity index (χ4n) is 5.02. The smallest absolute Gasteiger partial charge is 0.347 e. The lowest BCUT2D eigenvalue weighted by Gasteiger charge is -2.26. The van der Waals surface area contributed by atoms with E-state index < -0.39 is 18.9 Å². The van der Waals surface area contributed by atoms with Crippen LogP contribution in [0, 0.1) is 11.8 Å². The van der Waals surface area contributed by atoms with Gasteiger partial charge in [0.25, 0.3) is 0 Å². The fourth-order valence-corrected chi connectivity index (χ4v) is 5.02. The molecule has 2 N–H and O–H groups in total. The molecule has 40 heavy (non-hydrogen) atoms. The van der Waals surface area contributed by atoms with Crippen LogP contribution < -0.4 is 10.6 Å². The van der Waals surface area contributed by atoms with Gasteiger partial charge in [0.2, 0.25) is 17.6 Å². The molecular weight excluding hydrogens is 530 g/mol. The molecule has 2 aliphatic rings. The Morgan fingerprint density at radius 3 is 2.83 bits per heavy atom. The molecule has 1 aromatic carbocycles. The highest BCUT2D eigenvalue weighted by atomic mass is 19.4. The first kappa shape index (κ1) is 28.2. The topological polar surface area (TPSA) is 101 Å². The molecule has 1 aliphatic carbocycles. The van der Waals surface area contributed by atoms with Crippen LogP contribution in [0.1, 0.15) is 32.6 Å². The number of carbonyl (C=O) groups is 1. The Kier molecular flexibility index (Phi) is 7.96. The minimum absolute atomic E-state index is 0.0304. The fraction of sp³-hybridized carbons (Fsp3) is 0.556. The van der Waals surface area contributed by atoms with E-state index in [2.05, 4.69) is 25.8 Å². The maximum atomic E-state index is 14.6. The maximum absolute atomic E-state index is 14.6. The van der Waals surface area contributed by atoms with Gasteiger partial charge in [0.05, 0.1) is 29.2 Å². The van der Waals surface area contributed by atoms with Gasteiger partial charge in [0.15, 0.2) is 6.17 Å². The minimum Gasteiger partial charge on any atom is -0.347 e. The second-order valence-corrected chi connectivity index (χ2v) is 10.9. The SMILES string of the molecule is CC(C)NC[C@@H]1C[C@H]1C(=O)NCc1nc(-c2cc3c(N=C4CCN(C)C[C@@H]4F)cccc3n2CC(F)(F)F)no1. The molecule has 5 rings (SSSR count). The standard InChI is InChI=1S/C27H33F4N7O2/c1-15(2)32-11-16-9-17(16)26(39)33-12-24-35-25(36-40-24)23-10-18-20(34-21-7-8-37(3)13-19(21)28)5-4-6-22(18)38(23)14-27(29,30)31/h4-6,10,15-17,19,32H,7-9,11-14H2,1-3H3,(H,33,39)/t16-,17+,19-/m0/s1. The van der Waals surface area contributed by atoms with Crippen molar-refractivity contribution in [2.45, 2.75) is 58.2 Å². The van der Waals surface area contributed by atoms with Gasteiger partial charge in [-0.1, -0.05) is 25.1 Å². The van der Waals surface area contributed by atoms with Gasteiger partial charge < -0.3 is 24.6 Å². The molecule has 2 aromatic heterocycles. The number of hydrogen-bond acceptors (Lipinski definition) is 7. The first-order valence-electron chi connectivity index (χ1n) is 13.4. The summed E-state index contributed by atoms with van der Waals surface area (Å²) in [4.78, 5) is 23.1. The van der Waals surface area contributed by atoms with Crippen LogP contribution in [0.25, 0.3) is 22.4 Å². The van der Waals surface area contributed by atoms with Crippen LogP contribution in [-0.2, 0) is 17.9 Å². The molecule has 216 valence electrons. The lowest BCUT2D eigenvalue weighted by atomic mass is 10.1. The summed E-state index contributed by atoms with van der Waals surface area (Å²) in [6.45, 7) is 4.40. The van der Waals surface area contributed by atoms with E-state index in [1.165, 1.54) is 6.07 Å². The number of nitrogens with zero attached hydrogens (tertiary/aromatic N) is 5. The Bertz CT molecular complexity index is 1400. The van der Waals surface area contributed by atoms with Crippen LogP contribution in [0.15, 0.2) is 33.8 Å². The average molecular weight is 564 g/mol. The van der Waals surface area contributed by atoms with Crippen LogP contribution in [0.4, 0.5) is 23.2 Å². The molecule has 1 amide bonds. The van der Waals surface area contributed by atoms with E-state index >= 15 is 0 Å². The summed E-state index contributed by atoms with van der Waals surface area (Å²) >= 11 is 0. The van der Waals surface area contributed by atoms with E-state index in [0.717, 1.165) is 17.5 Å². The van der Waals surface area contributed by atoms with Gasteiger partial charge in [-0.15, -0.1) is 0 Å². The third-order valence-electron chi connectivity index (χ3n) is 7.27. The second kappa shape index (κ2) is 11.3. The summed E-state index contributed by atoms with van der Waals surface area (Å²) < 4.78 is 61.8. The van der Waals surface area contributed by atoms with Crippen molar-refractivity contribution < 1.29 is 26.9 Å². The van der Waals surface area contributed by atoms with E-state index in [1.807, 2.05) is 25.8 Å². The number of aromatic nitrogens is 3. The monoisotopic (exact) mass is 563 g/mol. The van der Waals surface area contributed by atoms with Crippen molar-refractivity contribution >= 4 is 28.2 Å². The van der Waals surface area contributed by atoms with Crippen molar-refractivity contribution in [2.75, 3.05) is 26.7 Å². The normalized spacial score (nSPS) is 22.9. The van der Waals surface area contributed by atoms with Gasteiger partial charge in [0, 0.05) is 36.9 Å². The first-order chi connectivity index (χ1) is 19.0. The number of benzene rings is 1. The van der Waals surface area contributed by atoms with Gasteiger partial charge in [-0.05, 0) is 44.1 Å². The highest BCUT2D eigenvalue weighted by Crippen LogP contribution is 2.38. The Hall–Kier alpha value is -3.32. The molecule has 2 fully saturated rings. The summed E-state index contributed by atoms with van der Waals surface area (Å²) in [6.07, 6.45) is -4.55. The van der Waals surface area contributed by atoms with Crippen molar-refractivity contribution in [2.24, 2.45) is 16.8 Å². The number of likely N-dealkylation sites (tertiary alicyclic amines) is 1. The molecule has 3 atom stereocenters. The molecule has 1 saturated heterocycles. The zero-order chi connectivity index (χ0) is 28.6. The van der Waals surface area contributed by atoms with E-state index in [-0.39, 0.29) is 53.8 Å². The number of piperidine rings is 1. The molecule has 1 saturated carbocycles. The largest absolute Gasteiger partial charge is 0.406 e. The van der Waals surface area contributed by atoms with E-state index in [1.54, 1.807) is 18.2 Å². The number of rotatable bonds is 9. The molecule has 0 radical (unpaired) electrons. The highest BCUT2D eigenvalue weighted by Gasteiger charge is 2.42. The van der Waals surface area contributed by atoms with Gasteiger partial charge in [-0.3, -0.25) is 9.79 Å². The molecule has 0 bridgehead atoms. The Morgan fingerprint density at radius 1 is 1.30 bits per heavy atom. The molecule has 3 aromatic rings. The number of amides is 1. The second-order valence-electron chi connectivity index (χ2n) is 10.9. The quantitative estimate of drug-likeness (QED) is 0.378. The van der Waals surface area contributed by atoms with Crippen molar-refractivity contribution in [1.29, 1.82) is 0 Å². The van der Waals surface area contributed by atoms with Crippen molar-refractivity contribution in [3.05, 3.63) is 30.2 Å². The van der Waals surface area contributed by atoms with Crippen LogP contribution >= 0.6 is 0 Å². The van der Waals surface area contributed by atoms with Gasteiger partial charge in [-0.25, -0.2) is 4.39 Å². The third kappa shape index (κ3) is 6.52. The molecule has 0 unspecified atom stereocenters. The molecule has 1 aliphatic heterocycles. The Balaban J connectivity index is 1.38. The van der Waals surface area contributed by atoms with Crippen LogP contribution in [0.3, 0.4) is 0 Å². The summed E-state index contributed by atoms with van der Waals surface area (Å²) in [5, 5.41) is 10.4. The minimum atomic E-state index is -4.52. The molecule has 13 heteroatoms. The summed E-state index contributed by atoms with van der Waals surface area (Å²) in [5.41, 5.74) is 1.10. The van der Waals surface area contributed by atoms with Crippen LogP contribution in [-0.4, -0.2) is 76.3 Å². The number of nitrogens with one attached hydrogen (secondary N) is 2. The average Bonchev–Trinajstić information content (AvgIpc) is 3.36.